The number of carbonyl (C=O) groups is 1. The summed E-state index contributed by atoms with van der Waals surface area (Å²) >= 11 is 1.11. The summed E-state index contributed by atoms with van der Waals surface area (Å²) in [5.41, 5.74) is 2.12. The van der Waals surface area contributed by atoms with Gasteiger partial charge >= 0.3 is 6.61 Å². The van der Waals surface area contributed by atoms with E-state index in [4.69, 9.17) is 10.6 Å². The molecule has 0 saturated carbocycles. The first-order valence-corrected chi connectivity index (χ1v) is 9.69. The van der Waals surface area contributed by atoms with E-state index < -0.39 is 6.61 Å². The van der Waals surface area contributed by atoms with Gasteiger partial charge in [-0.25, -0.2) is 4.68 Å². The Balaban J connectivity index is 1.64. The molecule has 0 atom stereocenters. The van der Waals surface area contributed by atoms with Crippen molar-refractivity contribution in [2.75, 3.05) is 24.0 Å². The molecular formula is C19H19F2N5O3S. The van der Waals surface area contributed by atoms with Crippen LogP contribution in [0.15, 0.2) is 47.6 Å². The van der Waals surface area contributed by atoms with Gasteiger partial charge in [0.25, 0.3) is 0 Å². The van der Waals surface area contributed by atoms with Crippen molar-refractivity contribution in [1.29, 1.82) is 0 Å². The first-order valence-electron chi connectivity index (χ1n) is 8.70. The quantitative estimate of drug-likeness (QED) is 0.413. The Bertz CT molecular complexity index is 1030. The number of alkyl halides is 2. The summed E-state index contributed by atoms with van der Waals surface area (Å²) in [5.74, 6) is 6.72. The minimum atomic E-state index is -2.90. The summed E-state index contributed by atoms with van der Waals surface area (Å²) in [6.07, 6.45) is 0. The zero-order chi connectivity index (χ0) is 21.7. The van der Waals surface area contributed by atoms with Crippen molar-refractivity contribution in [3.8, 4) is 22.9 Å². The maximum atomic E-state index is 12.3. The van der Waals surface area contributed by atoms with Gasteiger partial charge in [-0.1, -0.05) is 17.8 Å². The average molecular weight is 435 g/mol. The number of nitrogens with two attached hydrogens (primary N) is 1. The Morgan fingerprint density at radius 3 is 2.63 bits per heavy atom. The van der Waals surface area contributed by atoms with Crippen molar-refractivity contribution in [3.63, 3.8) is 0 Å². The molecule has 0 spiro atoms. The van der Waals surface area contributed by atoms with E-state index in [-0.39, 0.29) is 17.4 Å². The van der Waals surface area contributed by atoms with Crippen molar-refractivity contribution in [1.82, 2.24) is 14.9 Å². The van der Waals surface area contributed by atoms with Gasteiger partial charge in [-0.2, -0.15) is 8.78 Å². The molecule has 3 rings (SSSR count). The number of aryl methyl sites for hydroxylation is 1. The number of halogens is 2. The number of aromatic nitrogens is 3. The average Bonchev–Trinajstić information content (AvgIpc) is 3.07. The lowest BCUT2D eigenvalue weighted by Crippen LogP contribution is -2.17. The second kappa shape index (κ2) is 9.44. The number of nitrogens with zero attached hydrogens (tertiary/aromatic N) is 3. The fourth-order valence-electron chi connectivity index (χ4n) is 2.59. The summed E-state index contributed by atoms with van der Waals surface area (Å²) in [7, 11) is 1.53. The van der Waals surface area contributed by atoms with E-state index in [1.807, 2.05) is 19.1 Å². The number of nitrogen functional groups attached to an aromatic ring is 1. The van der Waals surface area contributed by atoms with Gasteiger partial charge in [0.15, 0.2) is 5.82 Å². The molecule has 0 radical (unpaired) electrons. The SMILES string of the molecule is COc1ccc(C)cc1NC(=O)CSc1nnc(-c2ccc(OC(F)F)cc2)n1N. The number of thioether (sulfide) groups is 1. The lowest BCUT2D eigenvalue weighted by atomic mass is 10.2. The van der Waals surface area contributed by atoms with E-state index in [0.717, 1.165) is 17.3 Å². The van der Waals surface area contributed by atoms with E-state index in [1.54, 1.807) is 6.07 Å². The number of benzene rings is 2. The van der Waals surface area contributed by atoms with E-state index in [9.17, 15) is 13.6 Å². The first-order chi connectivity index (χ1) is 14.4. The Morgan fingerprint density at radius 2 is 1.97 bits per heavy atom. The molecule has 30 heavy (non-hydrogen) atoms. The number of carbonyl (C=O) groups excluding carboxylic acids is 1. The highest BCUT2D eigenvalue weighted by Crippen LogP contribution is 2.27. The van der Waals surface area contributed by atoms with Crippen LogP contribution < -0.4 is 20.6 Å². The second-order valence-corrected chi connectivity index (χ2v) is 7.06. The van der Waals surface area contributed by atoms with Gasteiger partial charge < -0.3 is 20.6 Å². The number of hydrogen-bond donors (Lipinski definition) is 2. The van der Waals surface area contributed by atoms with Crippen molar-refractivity contribution in [3.05, 3.63) is 48.0 Å². The third-order valence-electron chi connectivity index (χ3n) is 3.96. The van der Waals surface area contributed by atoms with Gasteiger partial charge in [-0.15, -0.1) is 10.2 Å². The summed E-state index contributed by atoms with van der Waals surface area (Å²) in [6.45, 7) is -0.989. The zero-order valence-electron chi connectivity index (χ0n) is 16.1. The number of ether oxygens (including phenoxy) is 2. The minimum absolute atomic E-state index is 0.0229. The van der Waals surface area contributed by atoms with Crippen molar-refractivity contribution in [2.24, 2.45) is 0 Å². The van der Waals surface area contributed by atoms with Crippen LogP contribution >= 0.6 is 11.8 Å². The van der Waals surface area contributed by atoms with Crippen LogP contribution in [0.4, 0.5) is 14.5 Å². The van der Waals surface area contributed by atoms with Gasteiger partial charge in [-0.3, -0.25) is 4.79 Å². The zero-order valence-corrected chi connectivity index (χ0v) is 17.0. The molecule has 1 amide bonds. The molecular weight excluding hydrogens is 416 g/mol. The van der Waals surface area contributed by atoms with E-state index in [2.05, 4.69) is 20.3 Å². The Kier molecular flexibility index (Phi) is 6.72. The highest BCUT2D eigenvalue weighted by molar-refractivity contribution is 7.99. The molecule has 1 aromatic heterocycles. The molecule has 8 nitrogen and oxygen atoms in total. The molecule has 0 aliphatic carbocycles. The topological polar surface area (TPSA) is 104 Å². The molecule has 0 saturated heterocycles. The van der Waals surface area contributed by atoms with Crippen LogP contribution in [0.2, 0.25) is 0 Å². The number of methoxy groups -OCH3 is 1. The highest BCUT2D eigenvalue weighted by Gasteiger charge is 2.15. The van der Waals surface area contributed by atoms with Crippen LogP contribution in [0, 0.1) is 6.92 Å². The van der Waals surface area contributed by atoms with Crippen LogP contribution in [0.25, 0.3) is 11.4 Å². The van der Waals surface area contributed by atoms with Crippen molar-refractivity contribution in [2.45, 2.75) is 18.7 Å². The summed E-state index contributed by atoms with van der Waals surface area (Å²) in [6, 6.07) is 11.3. The number of hydrogen-bond acceptors (Lipinski definition) is 7. The number of anilines is 1. The van der Waals surface area contributed by atoms with Crippen LogP contribution in [0.1, 0.15) is 5.56 Å². The minimum Gasteiger partial charge on any atom is -0.495 e. The predicted molar refractivity (Wildman–Crippen MR) is 109 cm³/mol. The summed E-state index contributed by atoms with van der Waals surface area (Å²) < 4.78 is 35.3. The normalized spacial score (nSPS) is 10.8. The Morgan fingerprint density at radius 1 is 1.23 bits per heavy atom. The van der Waals surface area contributed by atoms with Gasteiger partial charge in [0.2, 0.25) is 11.1 Å². The Labute approximate surface area is 175 Å². The standard InChI is InChI=1S/C19H19F2N5O3S/c1-11-3-8-15(28-2)14(9-11)23-16(27)10-30-19-25-24-17(26(19)22)12-4-6-13(7-5-12)29-18(20)21/h3-9,18H,10,22H2,1-2H3,(H,23,27). The highest BCUT2D eigenvalue weighted by atomic mass is 32.2. The summed E-state index contributed by atoms with van der Waals surface area (Å²) in [4.78, 5) is 12.3. The van der Waals surface area contributed by atoms with Crippen molar-refractivity contribution >= 4 is 23.4 Å². The predicted octanol–water partition coefficient (Wildman–Crippen LogP) is 3.31. The van der Waals surface area contributed by atoms with Crippen molar-refractivity contribution < 1.29 is 23.0 Å². The third kappa shape index (κ3) is 5.17. The molecule has 0 aliphatic rings. The Hall–Kier alpha value is -3.34. The van der Waals surface area contributed by atoms with Crippen LogP contribution in [0.5, 0.6) is 11.5 Å². The van der Waals surface area contributed by atoms with E-state index in [0.29, 0.717) is 28.0 Å². The van der Waals surface area contributed by atoms with Crippen LogP contribution in [-0.2, 0) is 4.79 Å². The number of amides is 1. The number of rotatable bonds is 8. The number of nitrogens with one attached hydrogen (secondary N) is 1. The van der Waals surface area contributed by atoms with Gasteiger partial charge in [0.05, 0.1) is 18.6 Å². The van der Waals surface area contributed by atoms with Crippen LogP contribution in [-0.4, -0.2) is 40.3 Å². The lowest BCUT2D eigenvalue weighted by Gasteiger charge is -2.10. The van der Waals surface area contributed by atoms with Crippen LogP contribution in [0.3, 0.4) is 0 Å². The maximum absolute atomic E-state index is 12.3. The molecule has 3 N–H and O–H groups in total. The van der Waals surface area contributed by atoms with Gasteiger partial charge in [-0.05, 0) is 48.9 Å². The fraction of sp³-hybridized carbons (Fsp3) is 0.211. The molecule has 3 aromatic rings. The molecule has 0 unspecified atom stereocenters. The second-order valence-electron chi connectivity index (χ2n) is 6.12. The third-order valence-corrected chi connectivity index (χ3v) is 4.91. The molecule has 11 heteroatoms. The monoisotopic (exact) mass is 435 g/mol. The molecule has 0 aliphatic heterocycles. The molecule has 0 bridgehead atoms. The lowest BCUT2D eigenvalue weighted by molar-refractivity contribution is -0.113. The van der Waals surface area contributed by atoms with Gasteiger partial charge in [0, 0.05) is 5.56 Å². The smallest absolute Gasteiger partial charge is 0.387 e. The van der Waals surface area contributed by atoms with E-state index in [1.165, 1.54) is 36.1 Å². The summed E-state index contributed by atoms with van der Waals surface area (Å²) in [5, 5.41) is 11.1. The molecule has 2 aromatic carbocycles. The largest absolute Gasteiger partial charge is 0.495 e. The first kappa shape index (κ1) is 21.4. The fourth-order valence-corrected chi connectivity index (χ4v) is 3.25. The van der Waals surface area contributed by atoms with E-state index >= 15 is 0 Å². The molecule has 1 heterocycles. The molecule has 158 valence electrons. The maximum Gasteiger partial charge on any atom is 0.387 e. The van der Waals surface area contributed by atoms with Gasteiger partial charge in [0.1, 0.15) is 11.5 Å². The molecule has 0 fully saturated rings.